The molecule has 0 amide bonds. The summed E-state index contributed by atoms with van der Waals surface area (Å²) >= 11 is 7.54. The van der Waals surface area contributed by atoms with Crippen molar-refractivity contribution in [2.24, 2.45) is 0 Å². The van der Waals surface area contributed by atoms with Gasteiger partial charge in [0.25, 0.3) is 0 Å². The molecule has 124 valence electrons. The van der Waals surface area contributed by atoms with E-state index >= 15 is 0 Å². The predicted molar refractivity (Wildman–Crippen MR) is 97.9 cm³/mol. The third-order valence-corrected chi connectivity index (χ3v) is 5.30. The summed E-state index contributed by atoms with van der Waals surface area (Å²) in [5.41, 5.74) is 1.27. The molecule has 2 heterocycles. The van der Waals surface area contributed by atoms with Crippen LogP contribution < -0.4 is 10.2 Å². The van der Waals surface area contributed by atoms with Crippen molar-refractivity contribution < 1.29 is 0 Å². The summed E-state index contributed by atoms with van der Waals surface area (Å²) < 4.78 is 0. The van der Waals surface area contributed by atoms with E-state index in [0.29, 0.717) is 0 Å². The first-order valence-corrected chi connectivity index (χ1v) is 9.23. The van der Waals surface area contributed by atoms with Crippen LogP contribution in [0.5, 0.6) is 0 Å². The standard InChI is InChI=1S/C16H22ClN5S/c1-2-21-9-11-22(12-10-21)16-20-19-15(23-16)18-8-7-13-3-5-14(17)6-4-13/h3-6H,2,7-12H2,1H3,(H,18,19). The van der Waals surface area contributed by atoms with Gasteiger partial charge in [-0.25, -0.2) is 0 Å². The van der Waals surface area contributed by atoms with Gasteiger partial charge in [0.2, 0.25) is 10.3 Å². The van der Waals surface area contributed by atoms with E-state index in [1.165, 1.54) is 5.56 Å². The molecular weight excluding hydrogens is 330 g/mol. The Kier molecular flexibility index (Phi) is 5.70. The summed E-state index contributed by atoms with van der Waals surface area (Å²) in [4.78, 5) is 4.79. The number of rotatable bonds is 6. The van der Waals surface area contributed by atoms with Crippen LogP contribution in [0.25, 0.3) is 0 Å². The van der Waals surface area contributed by atoms with Gasteiger partial charge in [-0.2, -0.15) is 0 Å². The molecule has 7 heteroatoms. The lowest BCUT2D eigenvalue weighted by molar-refractivity contribution is 0.271. The molecule has 0 atom stereocenters. The van der Waals surface area contributed by atoms with Gasteiger partial charge in [0.1, 0.15) is 0 Å². The van der Waals surface area contributed by atoms with E-state index in [2.05, 4.69) is 44.4 Å². The van der Waals surface area contributed by atoms with Gasteiger partial charge in [-0.15, -0.1) is 10.2 Å². The van der Waals surface area contributed by atoms with E-state index in [1.54, 1.807) is 11.3 Å². The lowest BCUT2D eigenvalue weighted by Gasteiger charge is -2.33. The predicted octanol–water partition coefficient (Wildman–Crippen LogP) is 2.99. The Morgan fingerprint density at radius 2 is 1.87 bits per heavy atom. The van der Waals surface area contributed by atoms with Crippen LogP contribution in [0.3, 0.4) is 0 Å². The average Bonchev–Trinajstić information content (AvgIpc) is 3.06. The molecule has 0 radical (unpaired) electrons. The highest BCUT2D eigenvalue weighted by molar-refractivity contribution is 7.19. The monoisotopic (exact) mass is 351 g/mol. The van der Waals surface area contributed by atoms with Crippen molar-refractivity contribution >= 4 is 33.2 Å². The lowest BCUT2D eigenvalue weighted by Crippen LogP contribution is -2.46. The summed E-state index contributed by atoms with van der Waals surface area (Å²) in [7, 11) is 0. The molecule has 1 aliphatic rings. The normalized spacial score (nSPS) is 15.8. The van der Waals surface area contributed by atoms with E-state index in [4.69, 9.17) is 11.6 Å². The van der Waals surface area contributed by atoms with Gasteiger partial charge in [-0.05, 0) is 30.7 Å². The van der Waals surface area contributed by atoms with Crippen LogP contribution in [-0.4, -0.2) is 54.4 Å². The zero-order valence-corrected chi connectivity index (χ0v) is 14.9. The van der Waals surface area contributed by atoms with Crippen LogP contribution in [0.15, 0.2) is 24.3 Å². The molecule has 1 N–H and O–H groups in total. The third kappa shape index (κ3) is 4.56. The largest absolute Gasteiger partial charge is 0.360 e. The van der Waals surface area contributed by atoms with Crippen molar-refractivity contribution in [2.75, 3.05) is 49.5 Å². The minimum Gasteiger partial charge on any atom is -0.360 e. The van der Waals surface area contributed by atoms with Crippen molar-refractivity contribution in [1.29, 1.82) is 0 Å². The number of nitrogens with one attached hydrogen (secondary N) is 1. The van der Waals surface area contributed by atoms with Crippen LogP contribution in [0.2, 0.25) is 5.02 Å². The van der Waals surface area contributed by atoms with E-state index in [0.717, 1.165) is 61.0 Å². The second kappa shape index (κ2) is 7.95. The molecule has 0 bridgehead atoms. The molecule has 0 saturated carbocycles. The molecule has 0 spiro atoms. The first-order chi connectivity index (χ1) is 11.2. The Morgan fingerprint density at radius 3 is 2.57 bits per heavy atom. The molecule has 0 aliphatic carbocycles. The van der Waals surface area contributed by atoms with E-state index < -0.39 is 0 Å². The molecular formula is C16H22ClN5S. The zero-order chi connectivity index (χ0) is 16.1. The van der Waals surface area contributed by atoms with Crippen LogP contribution in [0.4, 0.5) is 10.3 Å². The van der Waals surface area contributed by atoms with E-state index in [1.807, 2.05) is 12.1 Å². The van der Waals surface area contributed by atoms with Gasteiger partial charge in [0.05, 0.1) is 0 Å². The maximum Gasteiger partial charge on any atom is 0.210 e. The quantitative estimate of drug-likeness (QED) is 0.866. The summed E-state index contributed by atoms with van der Waals surface area (Å²) in [5.74, 6) is 0. The molecule has 1 saturated heterocycles. The SMILES string of the molecule is CCN1CCN(c2nnc(NCCc3ccc(Cl)cc3)s2)CC1. The van der Waals surface area contributed by atoms with Crippen LogP contribution in [0.1, 0.15) is 12.5 Å². The van der Waals surface area contributed by atoms with Crippen molar-refractivity contribution in [1.82, 2.24) is 15.1 Å². The lowest BCUT2D eigenvalue weighted by atomic mass is 10.1. The number of nitrogens with zero attached hydrogens (tertiary/aromatic N) is 4. The molecule has 1 aromatic carbocycles. The molecule has 3 rings (SSSR count). The van der Waals surface area contributed by atoms with Crippen molar-refractivity contribution in [2.45, 2.75) is 13.3 Å². The molecule has 0 unspecified atom stereocenters. The topological polar surface area (TPSA) is 44.3 Å². The smallest absolute Gasteiger partial charge is 0.210 e. The molecule has 2 aromatic rings. The second-order valence-electron chi connectivity index (χ2n) is 5.61. The number of hydrogen-bond donors (Lipinski definition) is 1. The van der Waals surface area contributed by atoms with Gasteiger partial charge in [0.15, 0.2) is 0 Å². The first-order valence-electron chi connectivity index (χ1n) is 8.03. The Bertz CT molecular complexity index is 607. The summed E-state index contributed by atoms with van der Waals surface area (Å²) in [5, 5.41) is 14.6. The highest BCUT2D eigenvalue weighted by Crippen LogP contribution is 2.24. The van der Waals surface area contributed by atoms with Crippen LogP contribution in [0, 0.1) is 0 Å². The molecule has 1 aliphatic heterocycles. The maximum atomic E-state index is 5.90. The number of likely N-dealkylation sites (N-methyl/N-ethyl adjacent to an activating group) is 1. The minimum absolute atomic E-state index is 0.777. The average molecular weight is 352 g/mol. The van der Waals surface area contributed by atoms with Gasteiger partial charge in [-0.3, -0.25) is 0 Å². The van der Waals surface area contributed by atoms with E-state index in [9.17, 15) is 0 Å². The number of halogens is 1. The van der Waals surface area contributed by atoms with Gasteiger partial charge < -0.3 is 15.1 Å². The maximum absolute atomic E-state index is 5.90. The highest BCUT2D eigenvalue weighted by atomic mass is 35.5. The zero-order valence-electron chi connectivity index (χ0n) is 13.3. The fourth-order valence-corrected chi connectivity index (χ4v) is 3.58. The molecule has 1 fully saturated rings. The molecule has 23 heavy (non-hydrogen) atoms. The third-order valence-electron chi connectivity index (χ3n) is 4.11. The molecule has 1 aromatic heterocycles. The number of hydrogen-bond acceptors (Lipinski definition) is 6. The van der Waals surface area contributed by atoms with Crippen molar-refractivity contribution in [3.63, 3.8) is 0 Å². The Morgan fingerprint density at radius 1 is 1.13 bits per heavy atom. The van der Waals surface area contributed by atoms with Crippen molar-refractivity contribution in [3.8, 4) is 0 Å². The number of piperazine rings is 1. The number of anilines is 2. The summed E-state index contributed by atoms with van der Waals surface area (Å²) in [6, 6.07) is 7.97. The minimum atomic E-state index is 0.777. The van der Waals surface area contributed by atoms with Gasteiger partial charge in [0, 0.05) is 37.7 Å². The Labute approximate surface area is 146 Å². The van der Waals surface area contributed by atoms with Crippen LogP contribution >= 0.6 is 22.9 Å². The van der Waals surface area contributed by atoms with Gasteiger partial charge in [-0.1, -0.05) is 42.0 Å². The summed E-state index contributed by atoms with van der Waals surface area (Å²) in [6.07, 6.45) is 0.946. The fraction of sp³-hybridized carbons (Fsp3) is 0.500. The second-order valence-corrected chi connectivity index (χ2v) is 7.01. The number of aromatic nitrogens is 2. The number of benzene rings is 1. The summed E-state index contributed by atoms with van der Waals surface area (Å²) in [6.45, 7) is 8.47. The van der Waals surface area contributed by atoms with Crippen molar-refractivity contribution in [3.05, 3.63) is 34.9 Å². The van der Waals surface area contributed by atoms with Crippen LogP contribution in [-0.2, 0) is 6.42 Å². The van der Waals surface area contributed by atoms with Gasteiger partial charge >= 0.3 is 0 Å². The molecule has 5 nitrogen and oxygen atoms in total. The first kappa shape index (κ1) is 16.5. The fourth-order valence-electron chi connectivity index (χ4n) is 2.63. The Balaban J connectivity index is 1.47. The Hall–Kier alpha value is -1.37. The highest BCUT2D eigenvalue weighted by Gasteiger charge is 2.18. The van der Waals surface area contributed by atoms with E-state index in [-0.39, 0.29) is 0 Å².